The van der Waals surface area contributed by atoms with E-state index in [9.17, 15) is 4.79 Å². The van der Waals surface area contributed by atoms with E-state index in [2.05, 4.69) is 15.6 Å². The molecule has 0 amide bonds. The van der Waals surface area contributed by atoms with E-state index in [1.165, 1.54) is 6.20 Å². The maximum absolute atomic E-state index is 11.8. The summed E-state index contributed by atoms with van der Waals surface area (Å²) in [6.07, 6.45) is 3.07. The van der Waals surface area contributed by atoms with Crippen molar-refractivity contribution in [1.82, 2.24) is 19.6 Å². The molecule has 6 rings (SSSR count). The van der Waals surface area contributed by atoms with Crippen LogP contribution in [0.1, 0.15) is 57.9 Å². The molecule has 6 aromatic rings. The Morgan fingerprint density at radius 3 is 1.37 bits per heavy atom. The van der Waals surface area contributed by atoms with Gasteiger partial charge >= 0.3 is 24.8 Å². The smallest absolute Gasteiger partial charge is 1.00 e. The van der Waals surface area contributed by atoms with Crippen LogP contribution in [0.5, 0.6) is 0 Å². The number of nitrogen functional groups attached to an aromatic ring is 2. The van der Waals surface area contributed by atoms with Gasteiger partial charge in [0.15, 0.2) is 17.4 Å². The van der Waals surface area contributed by atoms with Crippen LogP contribution in [-0.4, -0.2) is 54.6 Å². The quantitative estimate of drug-likeness (QED) is 0.0427. The average Bonchev–Trinajstić information content (AvgIpc) is 3.68. The first-order valence-electron chi connectivity index (χ1n) is 17.2. The molecular weight excluding hydrogens is 944 g/mol. The first-order chi connectivity index (χ1) is 27.2. The molecule has 2 aromatic heterocycles. The molecule has 0 bridgehead atoms. The van der Waals surface area contributed by atoms with Crippen molar-refractivity contribution in [2.75, 3.05) is 17.8 Å². The second-order valence-corrected chi connectivity index (χ2v) is 15.9. The van der Waals surface area contributed by atoms with E-state index in [1.54, 1.807) is 65.8 Å². The van der Waals surface area contributed by atoms with Crippen molar-refractivity contribution in [2.45, 2.75) is 55.1 Å². The number of rotatable bonds is 6. The number of nitrogens with one attached hydrogen (secondary N) is 1. The summed E-state index contributed by atoms with van der Waals surface area (Å²) >= 11 is 47.9. The number of carbonyl (C=O) groups excluding carboxylic acids is 1. The molecule has 0 spiro atoms. The number of benzene rings is 4. The Kier molecular flexibility index (Phi) is 23.9. The topological polar surface area (TPSA) is 146 Å². The van der Waals surface area contributed by atoms with Crippen LogP contribution < -0.4 is 35.9 Å². The van der Waals surface area contributed by atoms with Gasteiger partial charge in [0, 0.05) is 11.3 Å². The van der Waals surface area contributed by atoms with E-state index in [1.807, 2.05) is 46.8 Å². The van der Waals surface area contributed by atoms with Crippen LogP contribution in [0.25, 0.3) is 11.4 Å². The Balaban J connectivity index is 0.000000802. The summed E-state index contributed by atoms with van der Waals surface area (Å²) in [4.78, 5) is 11.8. The van der Waals surface area contributed by atoms with Crippen LogP contribution in [-0.2, 0) is 11.3 Å². The number of hydrogen-bond donors (Lipinski definition) is 4. The van der Waals surface area contributed by atoms with Gasteiger partial charge in [-0.1, -0.05) is 92.8 Å². The number of ether oxygens (including phenoxy) is 1. The van der Waals surface area contributed by atoms with E-state index in [-0.39, 0.29) is 44.3 Å². The normalized spacial score (nSPS) is 10.1. The van der Waals surface area contributed by atoms with Crippen molar-refractivity contribution in [3.63, 3.8) is 0 Å². The van der Waals surface area contributed by atoms with Crippen LogP contribution in [0.15, 0.2) is 60.9 Å². The molecule has 60 heavy (non-hydrogen) atoms. The third-order valence-corrected chi connectivity index (χ3v) is 10.5. The van der Waals surface area contributed by atoms with E-state index in [4.69, 9.17) is 114 Å². The summed E-state index contributed by atoms with van der Waals surface area (Å²) in [5.74, 6) is 4.78. The Labute approximate surface area is 414 Å². The Morgan fingerprint density at radius 1 is 0.667 bits per heavy atom. The molecule has 10 nitrogen and oxygen atoms in total. The molecule has 0 saturated heterocycles. The van der Waals surface area contributed by atoms with Crippen LogP contribution in [0.2, 0.25) is 40.2 Å². The fourth-order valence-electron chi connectivity index (χ4n) is 5.21. The van der Waals surface area contributed by atoms with Gasteiger partial charge in [-0.3, -0.25) is 5.84 Å². The summed E-state index contributed by atoms with van der Waals surface area (Å²) in [5.41, 5.74) is 16.8. The maximum Gasteiger partial charge on any atom is 1.00 e. The number of aliphatic hydroxyl groups excluding tert-OH is 1. The standard InChI is InChI=1S/C14H14Cl2N2O2.C12H12Cl2N2O.C7H8Cl2N2.C7H7Cl2N.Al.Li.4H/c1-4-20-14(19)10-7-17-18(9(10)3)13-11(15)5-8(2)6-12(13)16;1-7-3-10(13)12(11(14)4-7)16-8(2)9(6-17)5-15-16;1-4-2-5(8)7(11-10)6(9)3-4;1-4-2-5(8)7(10)6(9)3-4;;;;;;/h5-7H,4H2,1-3H3;3-5,17H,6H2,1-2H3;2-3,11H,10H2,1H3;2-3H,10H2,1H3;;;;;;/q;;;;;+1;;;;-1. The largest absolute Gasteiger partial charge is 1.00 e. The monoisotopic (exact) mass is 985 g/mol. The minimum Gasteiger partial charge on any atom is -1.00 e. The van der Waals surface area contributed by atoms with Crippen molar-refractivity contribution in [3.05, 3.63) is 146 Å². The fourth-order valence-corrected chi connectivity index (χ4v) is 8.02. The van der Waals surface area contributed by atoms with Gasteiger partial charge in [-0.05, 0) is 119 Å². The van der Waals surface area contributed by atoms with Crippen LogP contribution >= 0.6 is 92.8 Å². The third kappa shape index (κ3) is 14.7. The van der Waals surface area contributed by atoms with Gasteiger partial charge in [-0.15, -0.1) is 0 Å². The molecule has 0 radical (unpaired) electrons. The van der Waals surface area contributed by atoms with E-state index in [0.717, 1.165) is 33.5 Å². The first-order valence-corrected chi connectivity index (χ1v) is 20.2. The second-order valence-electron chi connectivity index (χ2n) is 12.6. The summed E-state index contributed by atoms with van der Waals surface area (Å²) < 4.78 is 8.18. The van der Waals surface area contributed by atoms with Crippen LogP contribution in [0.4, 0.5) is 11.4 Å². The van der Waals surface area contributed by atoms with Crippen molar-refractivity contribution in [2.24, 2.45) is 5.84 Å². The second kappa shape index (κ2) is 25.8. The molecule has 0 atom stereocenters. The fraction of sp³-hybridized carbons (Fsp3) is 0.225. The molecule has 318 valence electrons. The minimum absolute atomic E-state index is 0. The van der Waals surface area contributed by atoms with Gasteiger partial charge in [-0.25, -0.2) is 14.2 Å². The third-order valence-electron chi connectivity index (χ3n) is 8.09. The number of aromatic nitrogens is 4. The van der Waals surface area contributed by atoms with Gasteiger partial charge < -0.3 is 22.4 Å². The zero-order chi connectivity index (χ0) is 43.6. The predicted molar refractivity (Wildman–Crippen MR) is 254 cm³/mol. The van der Waals surface area contributed by atoms with Crippen molar-refractivity contribution < 1.29 is 34.9 Å². The maximum atomic E-state index is 11.8. The molecule has 4 aromatic carbocycles. The number of hydrazine groups is 1. The molecular formula is C40H45AlCl8LiN7O3. The van der Waals surface area contributed by atoms with E-state index >= 15 is 0 Å². The predicted octanol–water partition coefficient (Wildman–Crippen LogP) is 8.66. The summed E-state index contributed by atoms with van der Waals surface area (Å²) in [5, 5.41) is 21.7. The summed E-state index contributed by atoms with van der Waals surface area (Å²) in [6, 6.07) is 14.4. The number of esters is 1. The van der Waals surface area contributed by atoms with Crippen molar-refractivity contribution >= 4 is 128 Å². The molecule has 20 heteroatoms. The molecule has 0 saturated carbocycles. The zero-order valence-corrected chi connectivity index (χ0v) is 39.5. The number of aliphatic hydroxyl groups is 1. The zero-order valence-electron chi connectivity index (χ0n) is 34.4. The van der Waals surface area contributed by atoms with E-state index in [0.29, 0.717) is 80.8 Å². The van der Waals surface area contributed by atoms with Gasteiger partial charge in [0.2, 0.25) is 0 Å². The van der Waals surface area contributed by atoms with Gasteiger partial charge in [0.25, 0.3) is 0 Å². The first kappa shape index (κ1) is 55.8. The molecule has 2 heterocycles. The van der Waals surface area contributed by atoms with Crippen LogP contribution in [0.3, 0.4) is 0 Å². The molecule has 6 N–H and O–H groups in total. The molecule has 0 unspecified atom stereocenters. The number of aryl methyl sites for hydroxylation is 4. The Hall–Kier alpha value is -2.26. The molecule has 0 aliphatic heterocycles. The van der Waals surface area contributed by atoms with Crippen molar-refractivity contribution in [3.8, 4) is 11.4 Å². The van der Waals surface area contributed by atoms with E-state index < -0.39 is 5.97 Å². The number of hydrogen-bond acceptors (Lipinski definition) is 8. The minimum atomic E-state index is -0.407. The average molecular weight is 989 g/mol. The Morgan fingerprint density at radius 2 is 1.02 bits per heavy atom. The number of nitrogens with zero attached hydrogens (tertiary/aromatic N) is 4. The van der Waals surface area contributed by atoms with Crippen LogP contribution in [0, 0.1) is 41.5 Å². The SMILES string of the molecule is CCOC(=O)c1cnn(-c2c(Cl)cc(C)cc2Cl)c1C.Cc1cc(Cl)c(-n2ncc(CO)c2C)c(Cl)c1.Cc1cc(Cl)c(N)c(Cl)c1.Cc1cc(Cl)c(NN)c(Cl)c1.[AlH3].[H-].[Li+]. The number of halogens is 8. The number of carbonyl (C=O) groups is 1. The Bertz CT molecular complexity index is 2330. The summed E-state index contributed by atoms with van der Waals surface area (Å²) in [6.45, 7) is 13.3. The van der Waals surface area contributed by atoms with Gasteiger partial charge in [-0.2, -0.15) is 10.2 Å². The molecule has 0 aliphatic rings. The molecule has 0 fully saturated rings. The van der Waals surface area contributed by atoms with Gasteiger partial charge in [0.05, 0.1) is 82.9 Å². The van der Waals surface area contributed by atoms with Gasteiger partial charge in [0.1, 0.15) is 16.9 Å². The molecule has 0 aliphatic carbocycles. The number of nitrogens with two attached hydrogens (primary N) is 2. The number of anilines is 2. The summed E-state index contributed by atoms with van der Waals surface area (Å²) in [7, 11) is 0. The van der Waals surface area contributed by atoms with Crippen molar-refractivity contribution in [1.29, 1.82) is 0 Å².